The summed E-state index contributed by atoms with van der Waals surface area (Å²) in [7, 11) is 1.43. The van der Waals surface area contributed by atoms with E-state index >= 15 is 0 Å². The van der Waals surface area contributed by atoms with Crippen LogP contribution in [-0.4, -0.2) is 33.3 Å². The molecule has 106 valence electrons. The zero-order chi connectivity index (χ0) is 14.3. The number of carbonyl (C=O) groups is 2. The highest BCUT2D eigenvalue weighted by Gasteiger charge is 2.11. The highest BCUT2D eigenvalue weighted by Crippen LogP contribution is 2.03. The molecule has 1 aromatic rings. The summed E-state index contributed by atoms with van der Waals surface area (Å²) >= 11 is 0. The van der Waals surface area contributed by atoms with Crippen molar-refractivity contribution in [2.75, 3.05) is 6.54 Å². The van der Waals surface area contributed by atoms with E-state index in [4.69, 9.17) is 5.11 Å². The molecule has 1 heterocycles. The summed E-state index contributed by atoms with van der Waals surface area (Å²) in [5.41, 5.74) is 0.0610. The van der Waals surface area contributed by atoms with E-state index in [-0.39, 0.29) is 12.1 Å². The van der Waals surface area contributed by atoms with Crippen LogP contribution in [-0.2, 0) is 11.8 Å². The molecule has 1 amide bonds. The average Bonchev–Trinajstić information content (AvgIpc) is 2.68. The lowest BCUT2D eigenvalue weighted by atomic mass is 10.1. The number of aryl methyl sites for hydroxylation is 1. The van der Waals surface area contributed by atoms with Crippen molar-refractivity contribution in [1.82, 2.24) is 15.1 Å². The Labute approximate surface area is 110 Å². The Kier molecular flexibility index (Phi) is 5.98. The third-order valence-electron chi connectivity index (χ3n) is 2.66. The van der Waals surface area contributed by atoms with Crippen molar-refractivity contribution in [1.29, 1.82) is 0 Å². The number of hydrogen-bond acceptors (Lipinski definition) is 3. The number of aliphatic carboxylic acids is 1. The molecule has 0 saturated heterocycles. The fraction of sp³-hybridized carbons (Fsp3) is 0.583. The molecule has 0 aromatic carbocycles. The molecule has 0 bridgehead atoms. The van der Waals surface area contributed by atoms with Gasteiger partial charge in [0.1, 0.15) is 0 Å². The zero-order valence-electron chi connectivity index (χ0n) is 10.9. The van der Waals surface area contributed by atoms with Gasteiger partial charge in [0.25, 0.3) is 5.91 Å². The number of carboxylic acids is 1. The third-order valence-corrected chi connectivity index (χ3v) is 2.66. The van der Waals surface area contributed by atoms with Crippen molar-refractivity contribution in [2.24, 2.45) is 7.05 Å². The van der Waals surface area contributed by atoms with Crippen molar-refractivity contribution >= 4 is 11.9 Å². The molecular weight excluding hydrogens is 253 g/mol. The highest BCUT2D eigenvalue weighted by atomic mass is 19.1. The molecular formula is C12H18FN3O3. The van der Waals surface area contributed by atoms with Crippen molar-refractivity contribution < 1.29 is 19.1 Å². The Balaban J connectivity index is 2.12. The molecule has 19 heavy (non-hydrogen) atoms. The first-order valence-electron chi connectivity index (χ1n) is 6.20. The number of rotatable bonds is 8. The topological polar surface area (TPSA) is 84.2 Å². The normalized spacial score (nSPS) is 10.4. The number of amides is 1. The maximum absolute atomic E-state index is 13.0. The maximum Gasteiger partial charge on any atom is 0.303 e. The van der Waals surface area contributed by atoms with Crippen LogP contribution in [0.4, 0.5) is 4.39 Å². The van der Waals surface area contributed by atoms with Crippen LogP contribution in [0.5, 0.6) is 0 Å². The minimum absolute atomic E-state index is 0.0610. The van der Waals surface area contributed by atoms with E-state index in [0.717, 1.165) is 30.0 Å². The molecule has 0 aliphatic rings. The van der Waals surface area contributed by atoms with Crippen LogP contribution in [0.3, 0.4) is 0 Å². The SMILES string of the molecule is Cn1nc(C(=O)NCCCCCCC(=O)O)cc1F. The predicted molar refractivity (Wildman–Crippen MR) is 66.2 cm³/mol. The minimum Gasteiger partial charge on any atom is -0.481 e. The standard InChI is InChI=1S/C12H18FN3O3/c1-16-10(13)8-9(15-16)12(19)14-7-5-3-2-4-6-11(17)18/h8H,2-7H2,1H3,(H,14,19)(H,17,18). The predicted octanol–water partition coefficient (Wildman–Crippen LogP) is 1.32. The van der Waals surface area contributed by atoms with Gasteiger partial charge < -0.3 is 10.4 Å². The quantitative estimate of drug-likeness (QED) is 0.698. The van der Waals surface area contributed by atoms with Crippen LogP contribution >= 0.6 is 0 Å². The molecule has 0 saturated carbocycles. The molecule has 2 N–H and O–H groups in total. The van der Waals surface area contributed by atoms with E-state index < -0.39 is 17.8 Å². The molecule has 0 aliphatic heterocycles. The Hall–Kier alpha value is -1.92. The largest absolute Gasteiger partial charge is 0.481 e. The van der Waals surface area contributed by atoms with E-state index in [1.165, 1.54) is 7.05 Å². The first-order valence-corrected chi connectivity index (χ1v) is 6.20. The van der Waals surface area contributed by atoms with Gasteiger partial charge in [0.2, 0.25) is 5.95 Å². The van der Waals surface area contributed by atoms with Crippen LogP contribution in [0, 0.1) is 5.95 Å². The summed E-state index contributed by atoms with van der Waals surface area (Å²) in [6, 6.07) is 1.09. The summed E-state index contributed by atoms with van der Waals surface area (Å²) in [6.07, 6.45) is 3.26. The van der Waals surface area contributed by atoms with Gasteiger partial charge in [-0.25, -0.2) is 4.68 Å². The summed E-state index contributed by atoms with van der Waals surface area (Å²) < 4.78 is 14.0. The van der Waals surface area contributed by atoms with E-state index in [1.807, 2.05) is 0 Å². The molecule has 7 heteroatoms. The molecule has 0 aliphatic carbocycles. The van der Waals surface area contributed by atoms with Crippen LogP contribution < -0.4 is 5.32 Å². The third kappa shape index (κ3) is 5.50. The van der Waals surface area contributed by atoms with Gasteiger partial charge in [-0.05, 0) is 12.8 Å². The van der Waals surface area contributed by atoms with Gasteiger partial charge in [-0.2, -0.15) is 9.49 Å². The number of halogens is 1. The van der Waals surface area contributed by atoms with Gasteiger partial charge in [-0.3, -0.25) is 9.59 Å². The molecule has 1 rings (SSSR count). The lowest BCUT2D eigenvalue weighted by Gasteiger charge is -2.02. The Bertz CT molecular complexity index is 426. The molecule has 0 radical (unpaired) electrons. The van der Waals surface area contributed by atoms with Crippen LogP contribution in [0.1, 0.15) is 42.6 Å². The van der Waals surface area contributed by atoms with Gasteiger partial charge in [-0.15, -0.1) is 0 Å². The number of carboxylic acid groups (broad SMARTS) is 1. The lowest BCUT2D eigenvalue weighted by molar-refractivity contribution is -0.137. The number of aromatic nitrogens is 2. The smallest absolute Gasteiger partial charge is 0.303 e. The molecule has 0 atom stereocenters. The second-order valence-electron chi connectivity index (χ2n) is 4.29. The van der Waals surface area contributed by atoms with E-state index in [0.29, 0.717) is 13.0 Å². The van der Waals surface area contributed by atoms with Crippen molar-refractivity contribution in [3.05, 3.63) is 17.7 Å². The average molecular weight is 271 g/mol. The van der Waals surface area contributed by atoms with Crippen LogP contribution in [0.2, 0.25) is 0 Å². The Morgan fingerprint density at radius 3 is 2.63 bits per heavy atom. The molecule has 6 nitrogen and oxygen atoms in total. The summed E-state index contributed by atoms with van der Waals surface area (Å²) in [4.78, 5) is 21.8. The van der Waals surface area contributed by atoms with Gasteiger partial charge in [0.05, 0.1) is 0 Å². The van der Waals surface area contributed by atoms with Crippen molar-refractivity contribution in [2.45, 2.75) is 32.1 Å². The second-order valence-corrected chi connectivity index (χ2v) is 4.29. The number of carbonyl (C=O) groups excluding carboxylic acids is 1. The monoisotopic (exact) mass is 271 g/mol. The summed E-state index contributed by atoms with van der Waals surface area (Å²) in [6.45, 7) is 0.476. The van der Waals surface area contributed by atoms with E-state index in [9.17, 15) is 14.0 Å². The van der Waals surface area contributed by atoms with Gasteiger partial charge >= 0.3 is 5.97 Å². The molecule has 0 spiro atoms. The lowest BCUT2D eigenvalue weighted by Crippen LogP contribution is -2.25. The molecule has 1 aromatic heterocycles. The summed E-state index contributed by atoms with van der Waals surface area (Å²) in [5, 5.41) is 14.8. The zero-order valence-corrected chi connectivity index (χ0v) is 10.9. The first kappa shape index (κ1) is 15.1. The molecule has 0 fully saturated rings. The minimum atomic E-state index is -0.787. The Morgan fingerprint density at radius 2 is 2.05 bits per heavy atom. The van der Waals surface area contributed by atoms with Gasteiger partial charge in [0, 0.05) is 26.1 Å². The van der Waals surface area contributed by atoms with Gasteiger partial charge in [0.15, 0.2) is 5.69 Å². The van der Waals surface area contributed by atoms with Crippen molar-refractivity contribution in [3.8, 4) is 0 Å². The van der Waals surface area contributed by atoms with E-state index in [2.05, 4.69) is 10.4 Å². The fourth-order valence-electron chi connectivity index (χ4n) is 1.60. The highest BCUT2D eigenvalue weighted by molar-refractivity contribution is 5.92. The number of unbranched alkanes of at least 4 members (excludes halogenated alkanes) is 3. The number of nitrogens with zero attached hydrogens (tertiary/aromatic N) is 2. The van der Waals surface area contributed by atoms with Crippen molar-refractivity contribution in [3.63, 3.8) is 0 Å². The first-order chi connectivity index (χ1) is 9.00. The van der Waals surface area contributed by atoms with Crippen LogP contribution in [0.25, 0.3) is 0 Å². The fourth-order valence-corrected chi connectivity index (χ4v) is 1.60. The number of nitrogens with one attached hydrogen (secondary N) is 1. The van der Waals surface area contributed by atoms with E-state index in [1.54, 1.807) is 0 Å². The van der Waals surface area contributed by atoms with Gasteiger partial charge in [-0.1, -0.05) is 12.8 Å². The summed E-state index contributed by atoms with van der Waals surface area (Å²) in [5.74, 6) is -1.74. The number of hydrogen-bond donors (Lipinski definition) is 2. The molecule has 0 unspecified atom stereocenters. The van der Waals surface area contributed by atoms with Crippen LogP contribution in [0.15, 0.2) is 6.07 Å². The Morgan fingerprint density at radius 1 is 1.37 bits per heavy atom. The second kappa shape index (κ2) is 7.50. The maximum atomic E-state index is 13.0.